The Balaban J connectivity index is 1.79. The lowest BCUT2D eigenvalue weighted by Crippen LogP contribution is -2.21. The van der Waals surface area contributed by atoms with Gasteiger partial charge in [-0.3, -0.25) is 0 Å². The van der Waals surface area contributed by atoms with Crippen LogP contribution in [0, 0.1) is 11.3 Å². The van der Waals surface area contributed by atoms with E-state index in [1.54, 1.807) is 0 Å². The zero-order valence-corrected chi connectivity index (χ0v) is 8.04. The summed E-state index contributed by atoms with van der Waals surface area (Å²) in [5.74, 6) is 0.705. The van der Waals surface area contributed by atoms with Crippen LogP contribution in [0.25, 0.3) is 0 Å². The summed E-state index contributed by atoms with van der Waals surface area (Å²) in [6.45, 7) is 0. The number of carbonyl (C=O) groups is 1. The lowest BCUT2D eigenvalue weighted by atomic mass is 9.81. The van der Waals surface area contributed by atoms with Gasteiger partial charge in [0.25, 0.3) is 0 Å². The van der Waals surface area contributed by atoms with Gasteiger partial charge in [-0.15, -0.1) is 0 Å². The Morgan fingerprint density at radius 3 is 2.31 bits per heavy atom. The first-order valence-electron chi connectivity index (χ1n) is 5.38. The van der Waals surface area contributed by atoms with Crippen molar-refractivity contribution >= 4 is 6.29 Å². The van der Waals surface area contributed by atoms with E-state index in [0.29, 0.717) is 5.92 Å². The van der Waals surface area contributed by atoms with Crippen LogP contribution in [0.1, 0.15) is 44.9 Å². The minimum absolute atomic E-state index is 0.0670. The minimum Gasteiger partial charge on any atom is -0.393 e. The van der Waals surface area contributed by atoms with Crippen LogP contribution >= 0.6 is 0 Å². The molecule has 1 N–H and O–H groups in total. The lowest BCUT2D eigenvalue weighted by Gasteiger charge is -2.26. The number of rotatable bonds is 3. The van der Waals surface area contributed by atoms with E-state index >= 15 is 0 Å². The third kappa shape index (κ3) is 2.11. The molecule has 0 aliphatic heterocycles. The largest absolute Gasteiger partial charge is 0.393 e. The van der Waals surface area contributed by atoms with Gasteiger partial charge in [0.1, 0.15) is 6.29 Å². The molecule has 0 aromatic heterocycles. The van der Waals surface area contributed by atoms with Crippen molar-refractivity contribution in [2.45, 2.75) is 51.0 Å². The van der Waals surface area contributed by atoms with E-state index in [1.807, 2.05) is 0 Å². The predicted molar refractivity (Wildman–Crippen MR) is 50.3 cm³/mol. The Bertz CT molecular complexity index is 188. The Labute approximate surface area is 79.3 Å². The molecule has 0 unspecified atom stereocenters. The first kappa shape index (κ1) is 9.20. The zero-order valence-electron chi connectivity index (χ0n) is 8.04. The van der Waals surface area contributed by atoms with Gasteiger partial charge < -0.3 is 9.90 Å². The molecule has 2 rings (SSSR count). The van der Waals surface area contributed by atoms with Gasteiger partial charge >= 0.3 is 0 Å². The molecule has 13 heavy (non-hydrogen) atoms. The number of aldehydes is 1. The van der Waals surface area contributed by atoms with Crippen LogP contribution < -0.4 is 0 Å². The van der Waals surface area contributed by atoms with Gasteiger partial charge in [-0.2, -0.15) is 0 Å². The van der Waals surface area contributed by atoms with Crippen molar-refractivity contribution in [2.24, 2.45) is 11.3 Å². The Kier molecular flexibility index (Phi) is 2.41. The molecule has 2 fully saturated rings. The SMILES string of the molecule is O=CC1(CC2CCC(O)CC2)CC1. The van der Waals surface area contributed by atoms with Gasteiger partial charge in [0, 0.05) is 5.41 Å². The van der Waals surface area contributed by atoms with Crippen LogP contribution in [0.4, 0.5) is 0 Å². The average molecular weight is 182 g/mol. The van der Waals surface area contributed by atoms with E-state index in [9.17, 15) is 9.90 Å². The molecule has 0 atom stereocenters. The molecule has 0 spiro atoms. The predicted octanol–water partition coefficient (Wildman–Crippen LogP) is 1.91. The summed E-state index contributed by atoms with van der Waals surface area (Å²) in [4.78, 5) is 10.8. The molecule has 0 saturated heterocycles. The minimum atomic E-state index is -0.0670. The fourth-order valence-electron chi connectivity index (χ4n) is 2.45. The molecule has 0 aromatic rings. The summed E-state index contributed by atoms with van der Waals surface area (Å²) >= 11 is 0. The number of aliphatic hydroxyl groups excluding tert-OH is 1. The summed E-state index contributed by atoms with van der Waals surface area (Å²) in [5, 5.41) is 9.33. The number of carbonyl (C=O) groups excluding carboxylic acids is 1. The summed E-state index contributed by atoms with van der Waals surface area (Å²) in [6.07, 6.45) is 8.53. The maximum absolute atomic E-state index is 10.8. The third-order valence-electron chi connectivity index (χ3n) is 3.65. The van der Waals surface area contributed by atoms with E-state index in [4.69, 9.17) is 0 Å². The molecular formula is C11H18O2. The molecular weight excluding hydrogens is 164 g/mol. The Morgan fingerprint density at radius 1 is 1.23 bits per heavy atom. The molecule has 0 aromatic carbocycles. The monoisotopic (exact) mass is 182 g/mol. The van der Waals surface area contributed by atoms with Crippen molar-refractivity contribution in [2.75, 3.05) is 0 Å². The second-order valence-electron chi connectivity index (χ2n) is 4.86. The fraction of sp³-hybridized carbons (Fsp3) is 0.909. The van der Waals surface area contributed by atoms with Crippen molar-refractivity contribution in [3.05, 3.63) is 0 Å². The highest BCUT2D eigenvalue weighted by Crippen LogP contribution is 2.50. The summed E-state index contributed by atoms with van der Waals surface area (Å²) in [5.41, 5.74) is 0.0763. The van der Waals surface area contributed by atoms with Crippen LogP contribution in [0.15, 0.2) is 0 Å². The second kappa shape index (κ2) is 3.41. The molecule has 2 aliphatic rings. The first-order chi connectivity index (χ1) is 6.24. The van der Waals surface area contributed by atoms with E-state index in [0.717, 1.165) is 51.2 Å². The highest BCUT2D eigenvalue weighted by molar-refractivity contribution is 5.63. The van der Waals surface area contributed by atoms with Crippen molar-refractivity contribution in [3.8, 4) is 0 Å². The van der Waals surface area contributed by atoms with Gasteiger partial charge in [0.05, 0.1) is 6.10 Å². The second-order valence-corrected chi connectivity index (χ2v) is 4.86. The smallest absolute Gasteiger partial charge is 0.126 e. The number of hydrogen-bond acceptors (Lipinski definition) is 2. The van der Waals surface area contributed by atoms with E-state index in [2.05, 4.69) is 0 Å². The van der Waals surface area contributed by atoms with Crippen LogP contribution in [-0.2, 0) is 4.79 Å². The van der Waals surface area contributed by atoms with Gasteiger partial charge in [-0.25, -0.2) is 0 Å². The van der Waals surface area contributed by atoms with Crippen molar-refractivity contribution in [1.82, 2.24) is 0 Å². The number of aliphatic hydroxyl groups is 1. The van der Waals surface area contributed by atoms with Crippen LogP contribution in [0.5, 0.6) is 0 Å². The van der Waals surface area contributed by atoms with Crippen molar-refractivity contribution in [3.63, 3.8) is 0 Å². The highest BCUT2D eigenvalue weighted by atomic mass is 16.3. The van der Waals surface area contributed by atoms with Crippen LogP contribution in [0.3, 0.4) is 0 Å². The zero-order chi connectivity index (χ0) is 9.31. The topological polar surface area (TPSA) is 37.3 Å². The third-order valence-corrected chi connectivity index (χ3v) is 3.65. The lowest BCUT2D eigenvalue weighted by molar-refractivity contribution is -0.112. The molecule has 2 saturated carbocycles. The Morgan fingerprint density at radius 2 is 1.85 bits per heavy atom. The quantitative estimate of drug-likeness (QED) is 0.677. The Hall–Kier alpha value is -0.370. The first-order valence-corrected chi connectivity index (χ1v) is 5.38. The molecule has 0 bridgehead atoms. The molecule has 2 aliphatic carbocycles. The summed E-state index contributed by atoms with van der Waals surface area (Å²) in [7, 11) is 0. The average Bonchev–Trinajstić information content (AvgIpc) is 2.90. The van der Waals surface area contributed by atoms with Gasteiger partial charge in [0.2, 0.25) is 0 Å². The number of hydrogen-bond donors (Lipinski definition) is 1. The molecule has 0 heterocycles. The summed E-state index contributed by atoms with van der Waals surface area (Å²) in [6, 6.07) is 0. The molecule has 2 heteroatoms. The van der Waals surface area contributed by atoms with Gasteiger partial charge in [0.15, 0.2) is 0 Å². The maximum Gasteiger partial charge on any atom is 0.126 e. The molecule has 0 radical (unpaired) electrons. The normalized spacial score (nSPS) is 37.0. The summed E-state index contributed by atoms with van der Waals surface area (Å²) < 4.78 is 0. The maximum atomic E-state index is 10.8. The van der Waals surface area contributed by atoms with Crippen LogP contribution in [-0.4, -0.2) is 17.5 Å². The van der Waals surface area contributed by atoms with Gasteiger partial charge in [-0.1, -0.05) is 0 Å². The van der Waals surface area contributed by atoms with E-state index in [1.165, 1.54) is 0 Å². The fourth-order valence-corrected chi connectivity index (χ4v) is 2.45. The van der Waals surface area contributed by atoms with E-state index < -0.39 is 0 Å². The van der Waals surface area contributed by atoms with Crippen LogP contribution in [0.2, 0.25) is 0 Å². The van der Waals surface area contributed by atoms with Gasteiger partial charge in [-0.05, 0) is 50.9 Å². The highest BCUT2D eigenvalue weighted by Gasteiger charge is 2.44. The van der Waals surface area contributed by atoms with Crippen molar-refractivity contribution in [1.29, 1.82) is 0 Å². The van der Waals surface area contributed by atoms with E-state index in [-0.39, 0.29) is 11.5 Å². The molecule has 2 nitrogen and oxygen atoms in total. The molecule has 74 valence electrons. The van der Waals surface area contributed by atoms with Crippen molar-refractivity contribution < 1.29 is 9.90 Å². The standard InChI is InChI=1S/C11H18O2/c12-8-11(5-6-11)7-9-1-3-10(13)4-2-9/h8-10,13H,1-7H2. The molecule has 0 amide bonds.